The number of nitrogen functional groups attached to an aromatic ring is 1. The Kier molecular flexibility index (Phi) is 16.9. The van der Waals surface area contributed by atoms with Crippen molar-refractivity contribution in [1.29, 1.82) is 0 Å². The van der Waals surface area contributed by atoms with Crippen LogP contribution in [0.2, 0.25) is 0 Å². The van der Waals surface area contributed by atoms with Crippen molar-refractivity contribution in [1.82, 2.24) is 30.4 Å². The minimum absolute atomic E-state index is 0.0732. The summed E-state index contributed by atoms with van der Waals surface area (Å²) in [7, 11) is 0. The average molecular weight is 862 g/mol. The van der Waals surface area contributed by atoms with Gasteiger partial charge in [0.05, 0.1) is 6.42 Å². The highest BCUT2D eigenvalue weighted by Crippen LogP contribution is 2.43. The molecule has 9 N–H and O–H groups in total. The summed E-state index contributed by atoms with van der Waals surface area (Å²) in [5.41, 5.74) is 10.1. The molecule has 4 rings (SSSR count). The lowest BCUT2D eigenvalue weighted by Gasteiger charge is -2.25. The van der Waals surface area contributed by atoms with Crippen LogP contribution in [0, 0.1) is 5.92 Å². The fraction of sp³-hybridized carbons (Fsp3) is 0.500. The van der Waals surface area contributed by atoms with Crippen LogP contribution < -0.4 is 38.4 Å². The van der Waals surface area contributed by atoms with E-state index < -0.39 is 78.3 Å². The number of nitrogens with two attached hydrogens (primary N) is 2. The molecule has 0 bridgehead atoms. The fourth-order valence-electron chi connectivity index (χ4n) is 6.23. The molecule has 61 heavy (non-hydrogen) atoms. The third-order valence-electron chi connectivity index (χ3n) is 9.50. The summed E-state index contributed by atoms with van der Waals surface area (Å²) in [6.07, 6.45) is -2.14. The van der Waals surface area contributed by atoms with Gasteiger partial charge in [-0.1, -0.05) is 32.4 Å². The van der Waals surface area contributed by atoms with Gasteiger partial charge in [0.1, 0.15) is 36.7 Å². The van der Waals surface area contributed by atoms with Gasteiger partial charge in [-0.3, -0.25) is 38.3 Å². The van der Waals surface area contributed by atoms with Crippen LogP contribution in [0.3, 0.4) is 0 Å². The number of primary amides is 1. The molecule has 0 spiro atoms. The van der Waals surface area contributed by atoms with Gasteiger partial charge in [-0.25, -0.2) is 14.4 Å². The summed E-state index contributed by atoms with van der Waals surface area (Å²) in [6.45, 7) is 3.47. The maximum absolute atomic E-state index is 14.8. The highest BCUT2D eigenvalue weighted by molar-refractivity contribution is 6.12. The molecule has 23 heteroatoms. The lowest BCUT2D eigenvalue weighted by atomic mass is 10.0. The molecule has 21 nitrogen and oxygen atoms in total. The first-order chi connectivity index (χ1) is 28.9. The van der Waals surface area contributed by atoms with Crippen molar-refractivity contribution in [2.24, 2.45) is 11.7 Å². The number of amides is 7. The highest BCUT2D eigenvalue weighted by Gasteiger charge is 2.60. The Balaban J connectivity index is 1.25. The molecule has 0 radical (unpaired) electrons. The van der Waals surface area contributed by atoms with E-state index >= 15 is 0 Å². The van der Waals surface area contributed by atoms with Crippen LogP contribution in [0.4, 0.5) is 25.1 Å². The Morgan fingerprint density at radius 3 is 2.30 bits per heavy atom. The molecule has 2 aliphatic heterocycles. The molecule has 0 saturated carbocycles. The average Bonchev–Trinajstić information content (AvgIpc) is 3.63. The first-order valence-corrected chi connectivity index (χ1v) is 19.3. The van der Waals surface area contributed by atoms with Crippen molar-refractivity contribution >= 4 is 53.0 Å². The standard InChI is InChI=1S/C38H49F2N9O12/c1-21(2)31(47-27(50)8-4-3-5-17-48-28(51)13-14-29(48)52)34(56)45-24(7-6-16-43-36(42)57)33(55)44-23-11-9-22(10-12-23)20-59-61-30(53)19-25-32(54)38(39,40)35(60-25)49-18-15-26(41)46-37(49)58/h9-15,18,21,24-25,31-32,35,54H,3-8,16-17,19-20H2,1-2H3,(H,44,55)(H,45,56)(H,47,50)(H2,41,46,58)(H3,42,43,57)/t24-,25+,31-,32+,35+/m0/s1. The van der Waals surface area contributed by atoms with Crippen molar-refractivity contribution in [2.75, 3.05) is 24.1 Å². The Hall–Kier alpha value is -6.33. The summed E-state index contributed by atoms with van der Waals surface area (Å²) in [4.78, 5) is 113. The zero-order valence-electron chi connectivity index (χ0n) is 33.3. The second kappa shape index (κ2) is 21.8. The van der Waals surface area contributed by atoms with Crippen LogP contribution in [0.5, 0.6) is 0 Å². The van der Waals surface area contributed by atoms with Crippen LogP contribution in [-0.2, 0) is 49.9 Å². The van der Waals surface area contributed by atoms with E-state index in [1.54, 1.807) is 13.8 Å². The van der Waals surface area contributed by atoms with E-state index in [-0.39, 0.29) is 62.5 Å². The normalized spacial score (nSPS) is 19.0. The van der Waals surface area contributed by atoms with E-state index in [2.05, 4.69) is 31.1 Å². The van der Waals surface area contributed by atoms with E-state index in [4.69, 9.17) is 21.1 Å². The number of hydrogen-bond donors (Lipinski definition) is 7. The largest absolute Gasteiger partial charge is 0.384 e. The van der Waals surface area contributed by atoms with Gasteiger partial charge < -0.3 is 42.6 Å². The number of imide groups is 1. The summed E-state index contributed by atoms with van der Waals surface area (Å²) in [6, 6.07) is 4.19. The lowest BCUT2D eigenvalue weighted by molar-refractivity contribution is -0.281. The second-order valence-electron chi connectivity index (χ2n) is 14.6. The molecular weight excluding hydrogens is 812 g/mol. The topological polar surface area (TPSA) is 306 Å². The first kappa shape index (κ1) is 47.3. The van der Waals surface area contributed by atoms with Crippen LogP contribution >= 0.6 is 0 Å². The number of aliphatic hydroxyl groups excluding tert-OH is 1. The molecule has 1 fully saturated rings. The predicted molar refractivity (Wildman–Crippen MR) is 208 cm³/mol. The number of anilines is 2. The van der Waals surface area contributed by atoms with Gasteiger partial charge >= 0.3 is 23.6 Å². The number of urea groups is 1. The molecule has 332 valence electrons. The molecular formula is C38H49F2N9O12. The molecule has 1 aromatic carbocycles. The van der Waals surface area contributed by atoms with Gasteiger partial charge in [-0.15, -0.1) is 0 Å². The number of carbonyl (C=O) groups is 7. The number of carbonyl (C=O) groups excluding carboxylic acids is 7. The maximum Gasteiger partial charge on any atom is 0.351 e. The maximum atomic E-state index is 14.8. The summed E-state index contributed by atoms with van der Waals surface area (Å²) in [5, 5.41) is 20.6. The quantitative estimate of drug-likeness (QED) is 0.0362. The number of benzene rings is 1. The van der Waals surface area contributed by atoms with Crippen LogP contribution in [0.1, 0.15) is 70.6 Å². The van der Waals surface area contributed by atoms with Crippen molar-refractivity contribution in [3.63, 3.8) is 0 Å². The molecule has 1 saturated heterocycles. The van der Waals surface area contributed by atoms with Crippen LogP contribution in [0.15, 0.2) is 53.5 Å². The predicted octanol–water partition coefficient (Wildman–Crippen LogP) is 0.282. The van der Waals surface area contributed by atoms with Gasteiger partial charge in [0, 0.05) is 43.5 Å². The van der Waals surface area contributed by atoms with E-state index in [9.17, 15) is 52.2 Å². The Morgan fingerprint density at radius 2 is 1.66 bits per heavy atom. The first-order valence-electron chi connectivity index (χ1n) is 19.3. The molecule has 7 amide bonds. The van der Waals surface area contributed by atoms with E-state index in [1.807, 2.05) is 0 Å². The second-order valence-corrected chi connectivity index (χ2v) is 14.6. The number of hydrogen-bond acceptors (Lipinski definition) is 14. The van der Waals surface area contributed by atoms with Crippen LogP contribution in [-0.4, -0.2) is 104 Å². The number of nitrogens with zero attached hydrogens (tertiary/aromatic N) is 3. The highest BCUT2D eigenvalue weighted by atomic mass is 19.3. The number of halogens is 2. The van der Waals surface area contributed by atoms with Crippen molar-refractivity contribution in [3.8, 4) is 0 Å². The van der Waals surface area contributed by atoms with Crippen molar-refractivity contribution in [2.45, 2.75) is 102 Å². The zero-order valence-corrected chi connectivity index (χ0v) is 33.3. The number of aromatic nitrogens is 2. The smallest absolute Gasteiger partial charge is 0.351 e. The molecule has 1 aromatic heterocycles. The zero-order chi connectivity index (χ0) is 44.9. The number of aliphatic hydroxyl groups is 1. The monoisotopic (exact) mass is 861 g/mol. The molecule has 0 aliphatic carbocycles. The Labute approximate surface area is 347 Å². The number of nitrogens with one attached hydrogen (secondary N) is 4. The minimum Gasteiger partial charge on any atom is -0.384 e. The number of unbranched alkanes of at least 4 members (excludes halogenated alkanes) is 2. The molecule has 3 heterocycles. The van der Waals surface area contributed by atoms with Crippen LogP contribution in [0.25, 0.3) is 0 Å². The van der Waals surface area contributed by atoms with E-state index in [0.29, 0.717) is 35.1 Å². The van der Waals surface area contributed by atoms with E-state index in [1.165, 1.54) is 36.4 Å². The summed E-state index contributed by atoms with van der Waals surface area (Å²) >= 11 is 0. The van der Waals surface area contributed by atoms with Gasteiger partial charge in [0.15, 0.2) is 0 Å². The van der Waals surface area contributed by atoms with Crippen molar-refractivity contribution < 1.29 is 62.0 Å². The van der Waals surface area contributed by atoms with Gasteiger partial charge in [0.25, 0.3) is 11.8 Å². The SMILES string of the molecule is CC(C)[C@H](NC(=O)CCCCCN1C(=O)C=CC1=O)C(=O)N[C@@H](CCCNC(N)=O)C(=O)Nc1ccc(COOC(=O)C[C@H]2O[C@@H](n3ccc(N)nc3=O)C(F)(F)[C@@H]2O)cc1. The third kappa shape index (κ3) is 13.6. The molecule has 2 aliphatic rings. The molecule has 5 atom stereocenters. The minimum atomic E-state index is -3.98. The van der Waals surface area contributed by atoms with E-state index in [0.717, 1.165) is 17.2 Å². The lowest BCUT2D eigenvalue weighted by Crippen LogP contribution is -2.54. The fourth-order valence-corrected chi connectivity index (χ4v) is 6.23. The van der Waals surface area contributed by atoms with Gasteiger partial charge in [0.2, 0.25) is 23.9 Å². The number of rotatable bonds is 22. The van der Waals surface area contributed by atoms with Gasteiger partial charge in [-0.2, -0.15) is 18.7 Å². The number of ether oxygens (including phenoxy) is 1. The number of alkyl halides is 2. The third-order valence-corrected chi connectivity index (χ3v) is 9.50. The summed E-state index contributed by atoms with van der Waals surface area (Å²) < 4.78 is 35.1. The Morgan fingerprint density at radius 1 is 0.967 bits per heavy atom. The Bertz CT molecular complexity index is 2000. The van der Waals surface area contributed by atoms with Crippen molar-refractivity contribution in [3.05, 3.63) is 64.7 Å². The van der Waals surface area contributed by atoms with Gasteiger partial charge in [-0.05, 0) is 55.4 Å². The molecule has 2 aromatic rings. The molecule has 0 unspecified atom stereocenters. The summed E-state index contributed by atoms with van der Waals surface area (Å²) in [5.74, 6) is -8.13.